The van der Waals surface area contributed by atoms with Crippen LogP contribution in [0.25, 0.3) is 22.1 Å². The van der Waals surface area contributed by atoms with Crippen molar-refractivity contribution in [3.63, 3.8) is 0 Å². The van der Waals surface area contributed by atoms with Gasteiger partial charge in [-0.2, -0.15) is 0 Å². The number of imidazole rings is 1. The molecule has 3 aromatic rings. The molecule has 6 nitrogen and oxygen atoms in total. The molecule has 4 heterocycles. The average Bonchev–Trinajstić information content (AvgIpc) is 2.99. The van der Waals surface area contributed by atoms with Crippen molar-refractivity contribution in [1.82, 2.24) is 19.5 Å². The summed E-state index contributed by atoms with van der Waals surface area (Å²) in [4.78, 5) is 12.0. The van der Waals surface area contributed by atoms with E-state index in [-0.39, 0.29) is 11.8 Å². The molecule has 1 atom stereocenters. The van der Waals surface area contributed by atoms with E-state index < -0.39 is 9.84 Å². The number of nitrogens with one attached hydrogen (secondary N) is 1. The fraction of sp³-hybridized carbons (Fsp3) is 0.429. The Morgan fingerprint density at radius 1 is 1.43 bits per heavy atom. The molecule has 1 saturated heterocycles. The van der Waals surface area contributed by atoms with E-state index in [4.69, 9.17) is 0 Å². The first kappa shape index (κ1) is 12.8. The molecule has 0 saturated carbocycles. The van der Waals surface area contributed by atoms with Crippen molar-refractivity contribution in [2.75, 3.05) is 11.5 Å². The summed E-state index contributed by atoms with van der Waals surface area (Å²) >= 11 is 0. The van der Waals surface area contributed by atoms with Gasteiger partial charge in [-0.25, -0.2) is 18.4 Å². The molecule has 1 N–H and O–H groups in total. The van der Waals surface area contributed by atoms with Gasteiger partial charge in [-0.3, -0.25) is 0 Å². The number of sulfone groups is 1. The van der Waals surface area contributed by atoms with Gasteiger partial charge in [-0.15, -0.1) is 0 Å². The highest BCUT2D eigenvalue weighted by atomic mass is 32.2. The lowest BCUT2D eigenvalue weighted by molar-refractivity contribution is 0.472. The Morgan fingerprint density at radius 2 is 2.29 bits per heavy atom. The standard InChI is InChI=1S/C14H16N4O2S/c1-9-17-12-7-16-14-11(4-5-15-14)13(12)18(9)10-3-2-6-21(19,20)8-10/h4-5,7,10H,2-3,6,8H2,1H3,(H,15,16). The lowest BCUT2D eigenvalue weighted by Gasteiger charge is -2.25. The minimum absolute atomic E-state index is 0.0331. The zero-order chi connectivity index (χ0) is 14.6. The highest BCUT2D eigenvalue weighted by Gasteiger charge is 2.28. The van der Waals surface area contributed by atoms with E-state index >= 15 is 0 Å². The zero-order valence-electron chi connectivity index (χ0n) is 11.7. The second kappa shape index (κ2) is 4.30. The highest BCUT2D eigenvalue weighted by molar-refractivity contribution is 7.91. The van der Waals surface area contributed by atoms with Gasteiger partial charge in [-0.05, 0) is 25.8 Å². The predicted molar refractivity (Wildman–Crippen MR) is 81.0 cm³/mol. The van der Waals surface area contributed by atoms with Crippen molar-refractivity contribution in [1.29, 1.82) is 0 Å². The average molecular weight is 304 g/mol. The van der Waals surface area contributed by atoms with E-state index in [9.17, 15) is 8.42 Å². The monoisotopic (exact) mass is 304 g/mol. The lowest BCUT2D eigenvalue weighted by atomic mass is 10.1. The molecule has 0 aliphatic carbocycles. The van der Waals surface area contributed by atoms with Crippen LogP contribution in [0.1, 0.15) is 24.7 Å². The van der Waals surface area contributed by atoms with Crippen LogP contribution in [0.15, 0.2) is 18.5 Å². The molecule has 110 valence electrons. The molecule has 0 amide bonds. The second-order valence-electron chi connectivity index (χ2n) is 5.67. The molecule has 21 heavy (non-hydrogen) atoms. The van der Waals surface area contributed by atoms with Crippen LogP contribution in [0.3, 0.4) is 0 Å². The van der Waals surface area contributed by atoms with Crippen molar-refractivity contribution >= 4 is 31.9 Å². The molecule has 4 rings (SSSR count). The molecule has 0 radical (unpaired) electrons. The molecule has 0 aromatic carbocycles. The third-order valence-corrected chi connectivity index (χ3v) is 6.02. The van der Waals surface area contributed by atoms with Gasteiger partial charge in [0.25, 0.3) is 0 Å². The van der Waals surface area contributed by atoms with E-state index in [0.717, 1.165) is 34.3 Å². The lowest BCUT2D eigenvalue weighted by Crippen LogP contribution is -2.28. The Balaban J connectivity index is 1.99. The number of H-pyrrole nitrogens is 1. The van der Waals surface area contributed by atoms with Crippen LogP contribution in [0, 0.1) is 6.92 Å². The predicted octanol–water partition coefficient (Wildman–Crippen LogP) is 1.97. The smallest absolute Gasteiger partial charge is 0.152 e. The first-order chi connectivity index (χ1) is 10.1. The van der Waals surface area contributed by atoms with Crippen molar-refractivity contribution < 1.29 is 8.42 Å². The number of hydrogen-bond acceptors (Lipinski definition) is 4. The summed E-state index contributed by atoms with van der Waals surface area (Å²) in [5.41, 5.74) is 2.62. The summed E-state index contributed by atoms with van der Waals surface area (Å²) in [7, 11) is -2.96. The Morgan fingerprint density at radius 3 is 3.10 bits per heavy atom. The number of aromatic nitrogens is 4. The quantitative estimate of drug-likeness (QED) is 0.745. The van der Waals surface area contributed by atoms with Gasteiger partial charge >= 0.3 is 0 Å². The number of pyridine rings is 1. The van der Waals surface area contributed by atoms with Crippen LogP contribution in [0.5, 0.6) is 0 Å². The molecule has 1 fully saturated rings. The van der Waals surface area contributed by atoms with E-state index in [1.807, 2.05) is 19.2 Å². The van der Waals surface area contributed by atoms with Crippen LogP contribution < -0.4 is 0 Å². The number of hydrogen-bond donors (Lipinski definition) is 1. The Labute approximate surface area is 122 Å². The summed E-state index contributed by atoms with van der Waals surface area (Å²) in [6.45, 7) is 1.93. The maximum atomic E-state index is 12.0. The van der Waals surface area contributed by atoms with Crippen molar-refractivity contribution in [2.45, 2.75) is 25.8 Å². The van der Waals surface area contributed by atoms with Gasteiger partial charge in [0.15, 0.2) is 9.84 Å². The molecule has 1 aliphatic rings. The summed E-state index contributed by atoms with van der Waals surface area (Å²) in [5.74, 6) is 1.35. The highest BCUT2D eigenvalue weighted by Crippen LogP contribution is 2.31. The number of rotatable bonds is 1. The van der Waals surface area contributed by atoms with E-state index in [0.29, 0.717) is 12.2 Å². The molecular weight excluding hydrogens is 288 g/mol. The van der Waals surface area contributed by atoms with Crippen molar-refractivity contribution in [3.8, 4) is 0 Å². The normalized spacial score (nSPS) is 22.0. The summed E-state index contributed by atoms with van der Waals surface area (Å²) in [6, 6.07) is 1.94. The molecule has 0 spiro atoms. The topological polar surface area (TPSA) is 80.6 Å². The van der Waals surface area contributed by atoms with E-state index in [1.165, 1.54) is 0 Å². The Hall–Kier alpha value is -1.89. The maximum Gasteiger partial charge on any atom is 0.152 e. The molecule has 0 bridgehead atoms. The first-order valence-electron chi connectivity index (χ1n) is 7.06. The zero-order valence-corrected chi connectivity index (χ0v) is 12.5. The van der Waals surface area contributed by atoms with Crippen LogP contribution in [0.2, 0.25) is 0 Å². The van der Waals surface area contributed by atoms with Gasteiger partial charge < -0.3 is 9.55 Å². The summed E-state index contributed by atoms with van der Waals surface area (Å²) in [5, 5.41) is 0.996. The van der Waals surface area contributed by atoms with Gasteiger partial charge in [0.2, 0.25) is 0 Å². The van der Waals surface area contributed by atoms with Gasteiger partial charge in [-0.1, -0.05) is 0 Å². The van der Waals surface area contributed by atoms with Crippen LogP contribution in [0.4, 0.5) is 0 Å². The molecular formula is C14H16N4O2S. The van der Waals surface area contributed by atoms with Crippen LogP contribution >= 0.6 is 0 Å². The van der Waals surface area contributed by atoms with Crippen molar-refractivity contribution in [2.24, 2.45) is 0 Å². The molecule has 7 heteroatoms. The van der Waals surface area contributed by atoms with Gasteiger partial charge in [0.1, 0.15) is 17.0 Å². The maximum absolute atomic E-state index is 12.0. The SMILES string of the molecule is Cc1nc2cnc3[nH]ccc3c2n1C1CCCS(=O)(=O)C1. The Bertz CT molecular complexity index is 939. The number of nitrogens with zero attached hydrogens (tertiary/aromatic N) is 3. The number of aryl methyl sites for hydroxylation is 1. The van der Waals surface area contributed by atoms with Crippen molar-refractivity contribution in [3.05, 3.63) is 24.3 Å². The van der Waals surface area contributed by atoms with E-state index in [2.05, 4.69) is 19.5 Å². The summed E-state index contributed by atoms with van der Waals surface area (Å²) < 4.78 is 26.0. The molecule has 3 aromatic heterocycles. The number of aromatic amines is 1. The van der Waals surface area contributed by atoms with E-state index in [1.54, 1.807) is 6.20 Å². The van der Waals surface area contributed by atoms with Crippen LogP contribution in [-0.2, 0) is 9.84 Å². The third-order valence-electron chi connectivity index (χ3n) is 4.21. The molecule has 1 aliphatic heterocycles. The first-order valence-corrected chi connectivity index (χ1v) is 8.88. The molecule has 1 unspecified atom stereocenters. The second-order valence-corrected chi connectivity index (χ2v) is 7.90. The van der Waals surface area contributed by atoms with Gasteiger partial charge in [0.05, 0.1) is 23.2 Å². The minimum Gasteiger partial charge on any atom is -0.346 e. The fourth-order valence-electron chi connectivity index (χ4n) is 3.36. The van der Waals surface area contributed by atoms with Crippen LogP contribution in [-0.4, -0.2) is 39.4 Å². The fourth-order valence-corrected chi connectivity index (χ4v) is 5.03. The van der Waals surface area contributed by atoms with Gasteiger partial charge in [0, 0.05) is 17.6 Å². The summed E-state index contributed by atoms with van der Waals surface area (Å²) in [6.07, 6.45) is 5.18. The Kier molecular flexibility index (Phi) is 2.63. The minimum atomic E-state index is -2.96. The largest absolute Gasteiger partial charge is 0.346 e. The third kappa shape index (κ3) is 1.95. The number of fused-ring (bicyclic) bond motifs is 3.